The number of aryl methyl sites for hydroxylation is 1. The molecule has 2 atom stereocenters. The molecular weight excluding hydrogens is 340 g/mol. The molecule has 1 aromatic rings. The molecule has 2 unspecified atom stereocenters. The first-order valence-electron chi connectivity index (χ1n) is 7.33. The summed E-state index contributed by atoms with van der Waals surface area (Å²) in [6.45, 7) is 3.57. The lowest BCUT2D eigenvalue weighted by Crippen LogP contribution is -2.50. The van der Waals surface area contributed by atoms with E-state index in [9.17, 15) is 13.2 Å². The second-order valence-electron chi connectivity index (χ2n) is 6.07. The Balaban J connectivity index is 0.00000264. The summed E-state index contributed by atoms with van der Waals surface area (Å²) < 4.78 is 29.3. The monoisotopic (exact) mass is 364 g/mol. The molecule has 0 radical (unpaired) electrons. The zero-order valence-corrected chi connectivity index (χ0v) is 15.5. The highest BCUT2D eigenvalue weighted by molar-refractivity contribution is 7.89. The number of aromatic nitrogens is 1. The van der Waals surface area contributed by atoms with Crippen molar-refractivity contribution in [2.45, 2.75) is 24.3 Å². The third-order valence-electron chi connectivity index (χ3n) is 4.05. The number of amides is 1. The maximum atomic E-state index is 12.5. The molecule has 1 amide bonds. The van der Waals surface area contributed by atoms with Gasteiger partial charge >= 0.3 is 0 Å². The van der Waals surface area contributed by atoms with E-state index >= 15 is 0 Å². The number of nitrogens with zero attached hydrogens (tertiary/aromatic N) is 2. The first-order chi connectivity index (χ1) is 10.2. The zero-order valence-electron chi connectivity index (χ0n) is 13.9. The fraction of sp³-hybridized carbons (Fsp3) is 0.643. The number of sulfonamides is 1. The largest absolute Gasteiger partial charge is 0.345 e. The summed E-state index contributed by atoms with van der Waals surface area (Å²) in [6, 6.07) is 1.29. The lowest BCUT2D eigenvalue weighted by atomic mass is 9.96. The Morgan fingerprint density at radius 1 is 1.43 bits per heavy atom. The molecule has 0 spiro atoms. The molecule has 132 valence electrons. The van der Waals surface area contributed by atoms with E-state index in [0.717, 1.165) is 13.0 Å². The molecule has 2 rings (SSSR count). The van der Waals surface area contributed by atoms with Crippen molar-refractivity contribution in [3.8, 4) is 0 Å². The topological polar surface area (TPSA) is 83.4 Å². The number of halogens is 1. The van der Waals surface area contributed by atoms with Crippen LogP contribution in [0.25, 0.3) is 0 Å². The second kappa shape index (κ2) is 7.65. The van der Waals surface area contributed by atoms with E-state index in [4.69, 9.17) is 0 Å². The first kappa shape index (κ1) is 20.0. The third-order valence-corrected chi connectivity index (χ3v) is 5.51. The molecule has 1 saturated heterocycles. The fourth-order valence-electron chi connectivity index (χ4n) is 2.54. The lowest BCUT2D eigenvalue weighted by molar-refractivity contribution is 0.0818. The summed E-state index contributed by atoms with van der Waals surface area (Å²) in [5.74, 6) is 0.0549. The van der Waals surface area contributed by atoms with Crippen LogP contribution in [0.4, 0.5) is 0 Å². The Bertz CT molecular complexity index is 657. The first-order valence-corrected chi connectivity index (χ1v) is 8.81. The number of nitrogens with one attached hydrogen (secondary N) is 2. The van der Waals surface area contributed by atoms with Crippen LogP contribution in [-0.2, 0) is 17.1 Å². The average molecular weight is 365 g/mol. The van der Waals surface area contributed by atoms with Gasteiger partial charge in [-0.05, 0) is 24.9 Å². The van der Waals surface area contributed by atoms with Crippen LogP contribution < -0.4 is 10.0 Å². The summed E-state index contributed by atoms with van der Waals surface area (Å²) in [5.41, 5.74) is 0.347. The van der Waals surface area contributed by atoms with Crippen molar-refractivity contribution in [2.75, 3.05) is 27.2 Å². The smallest absolute Gasteiger partial charge is 0.269 e. The van der Waals surface area contributed by atoms with Gasteiger partial charge in [-0.15, -0.1) is 12.4 Å². The van der Waals surface area contributed by atoms with Crippen molar-refractivity contribution < 1.29 is 13.2 Å². The highest BCUT2D eigenvalue weighted by Crippen LogP contribution is 2.18. The van der Waals surface area contributed by atoms with Gasteiger partial charge in [0.05, 0.1) is 0 Å². The third kappa shape index (κ3) is 4.47. The van der Waals surface area contributed by atoms with Crippen LogP contribution >= 0.6 is 12.4 Å². The predicted octanol–water partition coefficient (Wildman–Crippen LogP) is 0.425. The van der Waals surface area contributed by atoms with Gasteiger partial charge in [-0.1, -0.05) is 6.92 Å². The maximum absolute atomic E-state index is 12.5. The number of piperidine rings is 1. The van der Waals surface area contributed by atoms with Gasteiger partial charge in [0.2, 0.25) is 10.0 Å². The van der Waals surface area contributed by atoms with Crippen molar-refractivity contribution in [1.29, 1.82) is 0 Å². The van der Waals surface area contributed by atoms with Gasteiger partial charge in [-0.3, -0.25) is 4.79 Å². The molecule has 1 fully saturated rings. The standard InChI is InChI=1S/C14H24N4O3S.ClH/c1-10-5-6-15-8-12(10)16-22(20,21)11-7-13(18(4)9-11)14(19)17(2)3;/h7,9-10,12,15-16H,5-6,8H2,1-4H3;1H. The van der Waals surface area contributed by atoms with Gasteiger partial charge in [0.15, 0.2) is 0 Å². The summed E-state index contributed by atoms with van der Waals surface area (Å²) in [6.07, 6.45) is 2.41. The Hall–Kier alpha value is -1.09. The fourth-order valence-corrected chi connectivity index (χ4v) is 3.95. The number of carbonyl (C=O) groups is 1. The predicted molar refractivity (Wildman–Crippen MR) is 91.4 cm³/mol. The highest BCUT2D eigenvalue weighted by Gasteiger charge is 2.28. The SMILES string of the molecule is CC1CCNCC1NS(=O)(=O)c1cc(C(=O)N(C)C)n(C)c1.Cl. The van der Waals surface area contributed by atoms with E-state index in [-0.39, 0.29) is 35.2 Å². The average Bonchev–Trinajstić information content (AvgIpc) is 2.83. The number of rotatable bonds is 4. The van der Waals surface area contributed by atoms with Crippen LogP contribution in [0.5, 0.6) is 0 Å². The van der Waals surface area contributed by atoms with Crippen LogP contribution in [0, 0.1) is 5.92 Å². The van der Waals surface area contributed by atoms with Crippen LogP contribution in [0.15, 0.2) is 17.2 Å². The maximum Gasteiger partial charge on any atom is 0.269 e. The Morgan fingerprint density at radius 3 is 2.65 bits per heavy atom. The van der Waals surface area contributed by atoms with E-state index in [0.29, 0.717) is 12.2 Å². The van der Waals surface area contributed by atoms with Crippen LogP contribution in [0.3, 0.4) is 0 Å². The van der Waals surface area contributed by atoms with E-state index in [1.54, 1.807) is 25.7 Å². The molecule has 0 bridgehead atoms. The molecule has 9 heteroatoms. The molecule has 1 aromatic heterocycles. The van der Waals surface area contributed by atoms with E-state index in [2.05, 4.69) is 10.0 Å². The molecule has 0 aliphatic carbocycles. The van der Waals surface area contributed by atoms with Crippen molar-refractivity contribution >= 4 is 28.3 Å². The Kier molecular flexibility index (Phi) is 6.64. The van der Waals surface area contributed by atoms with Gasteiger partial charge in [0.25, 0.3) is 5.91 Å². The second-order valence-corrected chi connectivity index (χ2v) is 7.78. The molecular formula is C14H25ClN4O3S. The molecule has 1 aliphatic rings. The molecule has 1 aliphatic heterocycles. The highest BCUT2D eigenvalue weighted by atomic mass is 35.5. The van der Waals surface area contributed by atoms with Gasteiger partial charge < -0.3 is 14.8 Å². The van der Waals surface area contributed by atoms with Crippen LogP contribution in [-0.4, -0.2) is 57.0 Å². The van der Waals surface area contributed by atoms with Gasteiger partial charge in [-0.2, -0.15) is 0 Å². The molecule has 0 saturated carbocycles. The van der Waals surface area contributed by atoms with E-state index in [1.165, 1.54) is 17.2 Å². The summed E-state index contributed by atoms with van der Waals surface area (Å²) >= 11 is 0. The van der Waals surface area contributed by atoms with Crippen LogP contribution in [0.2, 0.25) is 0 Å². The minimum atomic E-state index is -3.64. The van der Waals surface area contributed by atoms with Crippen LogP contribution in [0.1, 0.15) is 23.8 Å². The van der Waals surface area contributed by atoms with Crippen molar-refractivity contribution in [2.24, 2.45) is 13.0 Å². The molecule has 0 aromatic carbocycles. The van der Waals surface area contributed by atoms with E-state index in [1.807, 2.05) is 6.92 Å². The van der Waals surface area contributed by atoms with E-state index < -0.39 is 10.0 Å². The Morgan fingerprint density at radius 2 is 2.09 bits per heavy atom. The minimum absolute atomic E-state index is 0. The summed E-state index contributed by atoms with van der Waals surface area (Å²) in [5, 5.41) is 3.20. The zero-order chi connectivity index (χ0) is 16.5. The van der Waals surface area contributed by atoms with Crippen molar-refractivity contribution in [1.82, 2.24) is 19.5 Å². The molecule has 7 nitrogen and oxygen atoms in total. The van der Waals surface area contributed by atoms with Gasteiger partial charge in [-0.25, -0.2) is 13.1 Å². The summed E-state index contributed by atoms with van der Waals surface area (Å²) in [7, 11) is 1.30. The lowest BCUT2D eigenvalue weighted by Gasteiger charge is -2.29. The normalized spacial score (nSPS) is 21.6. The number of carbonyl (C=O) groups excluding carboxylic acids is 1. The van der Waals surface area contributed by atoms with Gasteiger partial charge in [0.1, 0.15) is 10.6 Å². The number of hydrogen-bond acceptors (Lipinski definition) is 4. The number of hydrogen-bond donors (Lipinski definition) is 2. The molecule has 2 N–H and O–H groups in total. The quantitative estimate of drug-likeness (QED) is 0.811. The van der Waals surface area contributed by atoms with Crippen molar-refractivity contribution in [3.63, 3.8) is 0 Å². The molecule has 23 heavy (non-hydrogen) atoms. The minimum Gasteiger partial charge on any atom is -0.345 e. The molecule has 2 heterocycles. The summed E-state index contributed by atoms with van der Waals surface area (Å²) in [4.78, 5) is 13.6. The van der Waals surface area contributed by atoms with Gasteiger partial charge in [0, 0.05) is 39.9 Å². The Labute approximate surface area is 143 Å². The van der Waals surface area contributed by atoms with Crippen molar-refractivity contribution in [3.05, 3.63) is 18.0 Å².